The number of nitro groups is 1. The van der Waals surface area contributed by atoms with Crippen LogP contribution in [0, 0.1) is 40.4 Å². The van der Waals surface area contributed by atoms with E-state index < -0.39 is 45.6 Å². The number of aryl methyl sites for hydroxylation is 1. The molecule has 26 heavy (non-hydrogen) atoms. The first-order valence-corrected chi connectivity index (χ1v) is 8.54. The molecule has 1 amide bonds. The average Bonchev–Trinajstić information content (AvgIpc) is 2.97. The van der Waals surface area contributed by atoms with Crippen molar-refractivity contribution >= 4 is 22.9 Å². The Labute approximate surface area is 151 Å². The molecule has 1 aromatic heterocycles. The minimum absolute atomic E-state index is 0.147. The van der Waals surface area contributed by atoms with Crippen LogP contribution in [0.3, 0.4) is 0 Å². The summed E-state index contributed by atoms with van der Waals surface area (Å²) in [6, 6.07) is -0.199. The molecule has 0 saturated carbocycles. The van der Waals surface area contributed by atoms with Crippen molar-refractivity contribution in [2.24, 2.45) is 5.92 Å². The van der Waals surface area contributed by atoms with E-state index in [9.17, 15) is 28.1 Å². The van der Waals surface area contributed by atoms with Gasteiger partial charge >= 0.3 is 5.69 Å². The lowest BCUT2D eigenvalue weighted by atomic mass is 10.0. The highest BCUT2D eigenvalue weighted by Crippen LogP contribution is 2.28. The summed E-state index contributed by atoms with van der Waals surface area (Å²) < 4.78 is 41.0. The smallest absolute Gasteiger partial charge is 0.308 e. The third-order valence-corrected chi connectivity index (χ3v) is 4.59. The summed E-state index contributed by atoms with van der Waals surface area (Å²) in [5, 5.41) is 15.6. The second kappa shape index (κ2) is 7.81. The molecular weight excluding hydrogens is 371 g/mol. The van der Waals surface area contributed by atoms with Crippen molar-refractivity contribution in [3.8, 4) is 0 Å². The van der Waals surface area contributed by atoms with Crippen LogP contribution in [0.1, 0.15) is 47.4 Å². The lowest BCUT2D eigenvalue weighted by Gasteiger charge is -2.19. The monoisotopic (exact) mass is 387 g/mol. The highest BCUT2D eigenvalue weighted by atomic mass is 32.1. The summed E-state index contributed by atoms with van der Waals surface area (Å²) in [6.45, 7) is 5.58. The van der Waals surface area contributed by atoms with Crippen molar-refractivity contribution in [2.75, 3.05) is 0 Å². The standard InChI is InChI=1S/C16H16F3N3O3S/c1-7(2)4-10(16-20-8(3)6-26-16)21-15(23)9-5-11(22(24)25)13(18)14(19)12(9)17/h5-7,10H,4H2,1-3H3,(H,21,23). The Morgan fingerprint density at radius 2 is 1.96 bits per heavy atom. The van der Waals surface area contributed by atoms with Gasteiger partial charge in [0.2, 0.25) is 11.6 Å². The van der Waals surface area contributed by atoms with Gasteiger partial charge in [-0.25, -0.2) is 13.8 Å². The second-order valence-electron chi connectivity index (χ2n) is 6.13. The van der Waals surface area contributed by atoms with Crippen molar-refractivity contribution < 1.29 is 22.9 Å². The number of hydrogen-bond donors (Lipinski definition) is 1. The number of aromatic nitrogens is 1. The van der Waals surface area contributed by atoms with Crippen molar-refractivity contribution in [1.29, 1.82) is 0 Å². The lowest BCUT2D eigenvalue weighted by molar-refractivity contribution is -0.387. The Balaban J connectivity index is 2.39. The summed E-state index contributed by atoms with van der Waals surface area (Å²) >= 11 is 1.29. The van der Waals surface area contributed by atoms with E-state index in [-0.39, 0.29) is 5.92 Å². The average molecular weight is 387 g/mol. The molecule has 0 saturated heterocycles. The number of benzene rings is 1. The van der Waals surface area contributed by atoms with Crippen molar-refractivity contribution in [1.82, 2.24) is 10.3 Å². The Morgan fingerprint density at radius 1 is 1.31 bits per heavy atom. The molecule has 6 nitrogen and oxygen atoms in total. The van der Waals surface area contributed by atoms with Gasteiger partial charge in [0.25, 0.3) is 5.91 Å². The summed E-state index contributed by atoms with van der Waals surface area (Å²) in [5.41, 5.74) is -1.50. The maximum atomic E-state index is 14.0. The first-order valence-electron chi connectivity index (χ1n) is 7.66. The van der Waals surface area contributed by atoms with Crippen molar-refractivity contribution in [3.63, 3.8) is 0 Å². The molecule has 2 aromatic rings. The van der Waals surface area contributed by atoms with Gasteiger partial charge in [-0.3, -0.25) is 14.9 Å². The van der Waals surface area contributed by atoms with Crippen LogP contribution < -0.4 is 5.32 Å². The predicted octanol–water partition coefficient (Wildman–Crippen LogP) is 4.29. The van der Waals surface area contributed by atoms with E-state index >= 15 is 0 Å². The highest BCUT2D eigenvalue weighted by molar-refractivity contribution is 7.09. The normalized spacial score (nSPS) is 12.3. The number of thiazole rings is 1. The van der Waals surface area contributed by atoms with Crippen molar-refractivity contribution in [3.05, 3.63) is 55.3 Å². The molecule has 1 unspecified atom stereocenters. The van der Waals surface area contributed by atoms with Crippen LogP contribution in [-0.4, -0.2) is 15.8 Å². The lowest BCUT2D eigenvalue weighted by Crippen LogP contribution is -2.30. The van der Waals surface area contributed by atoms with Gasteiger partial charge in [0, 0.05) is 17.1 Å². The van der Waals surface area contributed by atoms with E-state index in [4.69, 9.17) is 0 Å². The molecule has 0 bridgehead atoms. The fourth-order valence-electron chi connectivity index (χ4n) is 2.35. The van der Waals surface area contributed by atoms with Gasteiger partial charge in [-0.1, -0.05) is 13.8 Å². The number of nitrogens with zero attached hydrogens (tertiary/aromatic N) is 2. The molecule has 0 radical (unpaired) electrons. The Morgan fingerprint density at radius 3 is 2.46 bits per heavy atom. The molecule has 0 aliphatic carbocycles. The maximum absolute atomic E-state index is 14.0. The fraction of sp³-hybridized carbons (Fsp3) is 0.375. The molecule has 0 aliphatic rings. The molecule has 2 rings (SSSR count). The molecule has 1 heterocycles. The zero-order valence-corrected chi connectivity index (χ0v) is 15.0. The van der Waals surface area contributed by atoms with Crippen LogP contribution in [0.2, 0.25) is 0 Å². The third kappa shape index (κ3) is 4.18. The number of carbonyl (C=O) groups excluding carboxylic acids is 1. The second-order valence-corrected chi connectivity index (χ2v) is 7.01. The molecule has 0 fully saturated rings. The van der Waals surface area contributed by atoms with E-state index in [1.807, 2.05) is 13.8 Å². The van der Waals surface area contributed by atoms with Gasteiger partial charge in [-0.15, -0.1) is 11.3 Å². The Hall–Kier alpha value is -2.49. The van der Waals surface area contributed by atoms with E-state index in [1.54, 1.807) is 12.3 Å². The Kier molecular flexibility index (Phi) is 5.96. The summed E-state index contributed by atoms with van der Waals surface area (Å²) in [5.74, 6) is -6.71. The highest BCUT2D eigenvalue weighted by Gasteiger charge is 2.30. The van der Waals surface area contributed by atoms with Crippen LogP contribution in [0.25, 0.3) is 0 Å². The first-order chi connectivity index (χ1) is 12.1. The topological polar surface area (TPSA) is 85.1 Å². The first kappa shape index (κ1) is 19.8. The van der Waals surface area contributed by atoms with E-state index in [2.05, 4.69) is 10.3 Å². The summed E-state index contributed by atoms with van der Waals surface area (Å²) in [6.07, 6.45) is 0.464. The quantitative estimate of drug-likeness (QED) is 0.455. The Bertz CT molecular complexity index is 855. The summed E-state index contributed by atoms with van der Waals surface area (Å²) in [4.78, 5) is 26.2. The molecule has 10 heteroatoms. The number of hydrogen-bond acceptors (Lipinski definition) is 5. The van der Waals surface area contributed by atoms with E-state index in [0.717, 1.165) is 5.69 Å². The molecule has 1 aromatic carbocycles. The molecule has 140 valence electrons. The summed E-state index contributed by atoms with van der Waals surface area (Å²) in [7, 11) is 0. The molecular formula is C16H16F3N3O3S. The minimum atomic E-state index is -2.06. The zero-order valence-electron chi connectivity index (χ0n) is 14.2. The SMILES string of the molecule is Cc1csc(C(CC(C)C)NC(=O)c2cc([N+](=O)[O-])c(F)c(F)c2F)n1. The van der Waals surface area contributed by atoms with Crippen LogP contribution in [0.15, 0.2) is 11.4 Å². The minimum Gasteiger partial charge on any atom is -0.343 e. The third-order valence-electron chi connectivity index (χ3n) is 3.52. The van der Waals surface area contributed by atoms with E-state index in [0.29, 0.717) is 17.5 Å². The van der Waals surface area contributed by atoms with Crippen LogP contribution in [0.5, 0.6) is 0 Å². The van der Waals surface area contributed by atoms with Crippen LogP contribution in [0.4, 0.5) is 18.9 Å². The maximum Gasteiger partial charge on any atom is 0.308 e. The number of amides is 1. The largest absolute Gasteiger partial charge is 0.343 e. The van der Waals surface area contributed by atoms with Gasteiger partial charge in [0.1, 0.15) is 5.01 Å². The fourth-order valence-corrected chi connectivity index (χ4v) is 3.21. The van der Waals surface area contributed by atoms with Crippen LogP contribution >= 0.6 is 11.3 Å². The molecule has 1 N–H and O–H groups in total. The zero-order chi connectivity index (χ0) is 19.6. The number of carbonyl (C=O) groups is 1. The van der Waals surface area contributed by atoms with Gasteiger partial charge in [-0.2, -0.15) is 4.39 Å². The predicted molar refractivity (Wildman–Crippen MR) is 89.5 cm³/mol. The van der Waals surface area contributed by atoms with Gasteiger partial charge in [0.15, 0.2) is 5.82 Å². The van der Waals surface area contributed by atoms with E-state index in [1.165, 1.54) is 11.3 Å². The molecule has 0 spiro atoms. The molecule has 0 aliphatic heterocycles. The van der Waals surface area contributed by atoms with Gasteiger partial charge < -0.3 is 5.32 Å². The number of halogens is 3. The van der Waals surface area contributed by atoms with Crippen LogP contribution in [-0.2, 0) is 0 Å². The van der Waals surface area contributed by atoms with Crippen molar-refractivity contribution in [2.45, 2.75) is 33.2 Å². The number of nitro benzene ring substituents is 1. The molecule has 1 atom stereocenters. The number of rotatable bonds is 6. The van der Waals surface area contributed by atoms with Gasteiger partial charge in [0.05, 0.1) is 16.5 Å². The van der Waals surface area contributed by atoms with Gasteiger partial charge in [-0.05, 0) is 19.3 Å². The number of nitrogens with one attached hydrogen (secondary N) is 1.